The molecule has 6 heteroatoms. The first-order valence-electron chi connectivity index (χ1n) is 4.99. The standard InChI is InChI=1S/C11H12N4S2/c1-6-3-4-8(10(12)13)9(5-6)17-11-15-14-7(2)16-11/h3-5H,1-2H3,(H3,12,13). The van der Waals surface area contributed by atoms with Gasteiger partial charge in [-0.1, -0.05) is 29.2 Å². The minimum Gasteiger partial charge on any atom is -0.384 e. The summed E-state index contributed by atoms with van der Waals surface area (Å²) in [6.07, 6.45) is 0. The molecule has 0 saturated carbocycles. The van der Waals surface area contributed by atoms with Crippen LogP contribution in [0.5, 0.6) is 0 Å². The Morgan fingerprint density at radius 1 is 1.35 bits per heavy atom. The van der Waals surface area contributed by atoms with Gasteiger partial charge in [-0.2, -0.15) is 0 Å². The van der Waals surface area contributed by atoms with Gasteiger partial charge in [-0.05, 0) is 31.5 Å². The predicted molar refractivity (Wildman–Crippen MR) is 71.0 cm³/mol. The van der Waals surface area contributed by atoms with E-state index in [1.165, 1.54) is 23.1 Å². The maximum Gasteiger partial charge on any atom is 0.179 e. The van der Waals surface area contributed by atoms with Crippen LogP contribution in [0.25, 0.3) is 0 Å². The molecule has 0 aliphatic heterocycles. The molecule has 3 N–H and O–H groups in total. The summed E-state index contributed by atoms with van der Waals surface area (Å²) in [5, 5.41) is 16.5. The van der Waals surface area contributed by atoms with Gasteiger partial charge in [-0.25, -0.2) is 0 Å². The van der Waals surface area contributed by atoms with Crippen molar-refractivity contribution >= 4 is 28.9 Å². The van der Waals surface area contributed by atoms with Gasteiger partial charge in [-0.15, -0.1) is 10.2 Å². The molecule has 88 valence electrons. The fourth-order valence-corrected chi connectivity index (χ4v) is 3.37. The second-order valence-electron chi connectivity index (χ2n) is 3.60. The molecule has 2 rings (SSSR count). The van der Waals surface area contributed by atoms with Crippen LogP contribution in [-0.4, -0.2) is 16.0 Å². The van der Waals surface area contributed by atoms with Gasteiger partial charge in [0, 0.05) is 10.5 Å². The number of nitrogens with two attached hydrogens (primary N) is 1. The van der Waals surface area contributed by atoms with Gasteiger partial charge in [0.25, 0.3) is 0 Å². The van der Waals surface area contributed by atoms with E-state index in [1.807, 2.05) is 32.0 Å². The zero-order valence-electron chi connectivity index (χ0n) is 9.52. The topological polar surface area (TPSA) is 75.7 Å². The van der Waals surface area contributed by atoms with Crippen LogP contribution in [0, 0.1) is 19.3 Å². The van der Waals surface area contributed by atoms with Gasteiger partial charge in [0.15, 0.2) is 4.34 Å². The molecule has 17 heavy (non-hydrogen) atoms. The second kappa shape index (κ2) is 4.85. The first kappa shape index (κ1) is 12.1. The Balaban J connectivity index is 2.37. The average molecular weight is 264 g/mol. The fourth-order valence-electron chi connectivity index (χ4n) is 1.35. The number of nitrogens with zero attached hydrogens (tertiary/aromatic N) is 2. The Kier molecular flexibility index (Phi) is 3.44. The van der Waals surface area contributed by atoms with Crippen LogP contribution in [0.1, 0.15) is 16.1 Å². The van der Waals surface area contributed by atoms with Gasteiger partial charge in [-0.3, -0.25) is 5.41 Å². The highest BCUT2D eigenvalue weighted by Gasteiger charge is 2.10. The van der Waals surface area contributed by atoms with Crippen LogP contribution in [0.15, 0.2) is 27.4 Å². The van der Waals surface area contributed by atoms with Gasteiger partial charge < -0.3 is 5.73 Å². The molecule has 0 amide bonds. The summed E-state index contributed by atoms with van der Waals surface area (Å²) in [4.78, 5) is 0.952. The van der Waals surface area contributed by atoms with E-state index in [9.17, 15) is 0 Å². The van der Waals surface area contributed by atoms with E-state index in [0.29, 0.717) is 0 Å². The van der Waals surface area contributed by atoms with Crippen molar-refractivity contribution in [2.24, 2.45) is 5.73 Å². The minimum absolute atomic E-state index is 0.0775. The Morgan fingerprint density at radius 2 is 2.12 bits per heavy atom. The molecular formula is C11H12N4S2. The highest BCUT2D eigenvalue weighted by atomic mass is 32.2. The van der Waals surface area contributed by atoms with Crippen LogP contribution in [0.4, 0.5) is 0 Å². The lowest BCUT2D eigenvalue weighted by Gasteiger charge is -2.06. The minimum atomic E-state index is 0.0775. The van der Waals surface area contributed by atoms with Gasteiger partial charge in [0.2, 0.25) is 0 Å². The number of aryl methyl sites for hydroxylation is 2. The van der Waals surface area contributed by atoms with E-state index in [1.54, 1.807) is 0 Å². The van der Waals surface area contributed by atoms with Crippen LogP contribution in [0.2, 0.25) is 0 Å². The first-order chi connectivity index (χ1) is 8.06. The van der Waals surface area contributed by atoms with Crippen molar-refractivity contribution in [1.29, 1.82) is 5.41 Å². The molecule has 0 aliphatic carbocycles. The predicted octanol–water partition coefficient (Wildman–Crippen LogP) is 2.59. The zero-order valence-corrected chi connectivity index (χ0v) is 11.2. The van der Waals surface area contributed by atoms with Crippen molar-refractivity contribution in [1.82, 2.24) is 10.2 Å². The first-order valence-corrected chi connectivity index (χ1v) is 6.62. The number of aromatic nitrogens is 2. The average Bonchev–Trinajstić information content (AvgIpc) is 2.63. The Hall–Kier alpha value is -1.40. The van der Waals surface area contributed by atoms with E-state index < -0.39 is 0 Å². The molecule has 0 atom stereocenters. The van der Waals surface area contributed by atoms with Crippen molar-refractivity contribution in [3.05, 3.63) is 34.3 Å². The largest absolute Gasteiger partial charge is 0.384 e. The van der Waals surface area contributed by atoms with Gasteiger partial charge in [0.05, 0.1) is 0 Å². The highest BCUT2D eigenvalue weighted by molar-refractivity contribution is 8.01. The SMILES string of the molecule is Cc1ccc(C(=N)N)c(Sc2nnc(C)s2)c1. The molecule has 4 nitrogen and oxygen atoms in total. The quantitative estimate of drug-likeness (QED) is 0.660. The van der Waals surface area contributed by atoms with Crippen molar-refractivity contribution < 1.29 is 0 Å². The number of hydrogen-bond donors (Lipinski definition) is 2. The Labute approximate surface area is 108 Å². The van der Waals surface area contributed by atoms with E-state index in [-0.39, 0.29) is 5.84 Å². The molecule has 0 fully saturated rings. The number of nitrogens with one attached hydrogen (secondary N) is 1. The van der Waals surface area contributed by atoms with Crippen molar-refractivity contribution in [3.63, 3.8) is 0 Å². The maximum atomic E-state index is 7.55. The fraction of sp³-hybridized carbons (Fsp3) is 0.182. The summed E-state index contributed by atoms with van der Waals surface area (Å²) in [7, 11) is 0. The van der Waals surface area contributed by atoms with Crippen LogP contribution >= 0.6 is 23.1 Å². The molecule has 0 aliphatic rings. The molecule has 0 bridgehead atoms. The van der Waals surface area contributed by atoms with E-state index in [4.69, 9.17) is 11.1 Å². The summed E-state index contributed by atoms with van der Waals surface area (Å²) in [6.45, 7) is 3.93. The molecule has 0 saturated heterocycles. The zero-order chi connectivity index (χ0) is 12.4. The van der Waals surface area contributed by atoms with Crippen molar-refractivity contribution in [2.45, 2.75) is 23.1 Å². The van der Waals surface area contributed by atoms with Crippen LogP contribution < -0.4 is 5.73 Å². The normalized spacial score (nSPS) is 10.5. The number of nitrogen functional groups attached to an aromatic ring is 1. The van der Waals surface area contributed by atoms with E-state index >= 15 is 0 Å². The molecule has 0 spiro atoms. The number of rotatable bonds is 3. The summed E-state index contributed by atoms with van der Waals surface area (Å²) in [5.41, 5.74) is 7.44. The summed E-state index contributed by atoms with van der Waals surface area (Å²) in [6, 6.07) is 5.83. The molecule has 1 aromatic carbocycles. The highest BCUT2D eigenvalue weighted by Crippen LogP contribution is 2.32. The van der Waals surface area contributed by atoms with Crippen LogP contribution in [0.3, 0.4) is 0 Å². The van der Waals surface area contributed by atoms with E-state index in [0.717, 1.165) is 25.4 Å². The molecule has 1 aromatic heterocycles. The Morgan fingerprint density at radius 3 is 2.71 bits per heavy atom. The lowest BCUT2D eigenvalue weighted by Crippen LogP contribution is -2.12. The third-order valence-corrected chi connectivity index (χ3v) is 4.08. The third kappa shape index (κ3) is 2.83. The van der Waals surface area contributed by atoms with Gasteiger partial charge >= 0.3 is 0 Å². The second-order valence-corrected chi connectivity index (χ2v) is 6.07. The van der Waals surface area contributed by atoms with Crippen molar-refractivity contribution in [2.75, 3.05) is 0 Å². The van der Waals surface area contributed by atoms with E-state index in [2.05, 4.69) is 10.2 Å². The monoisotopic (exact) mass is 264 g/mol. The lowest BCUT2D eigenvalue weighted by molar-refractivity contribution is 0.983. The number of hydrogen-bond acceptors (Lipinski definition) is 5. The molecular weight excluding hydrogens is 252 g/mol. The smallest absolute Gasteiger partial charge is 0.179 e. The summed E-state index contributed by atoms with van der Waals surface area (Å²) in [5.74, 6) is 0.0775. The van der Waals surface area contributed by atoms with Crippen LogP contribution in [-0.2, 0) is 0 Å². The molecule has 0 radical (unpaired) electrons. The number of amidine groups is 1. The number of benzene rings is 1. The molecule has 0 unspecified atom stereocenters. The molecule has 1 heterocycles. The third-order valence-electron chi connectivity index (χ3n) is 2.13. The summed E-state index contributed by atoms with van der Waals surface area (Å²) < 4.78 is 0.871. The maximum absolute atomic E-state index is 7.55. The summed E-state index contributed by atoms with van der Waals surface area (Å²) >= 11 is 3.04. The van der Waals surface area contributed by atoms with Gasteiger partial charge in [0.1, 0.15) is 10.8 Å². The lowest BCUT2D eigenvalue weighted by atomic mass is 10.1. The molecule has 2 aromatic rings. The Bertz CT molecular complexity index is 562. The van der Waals surface area contributed by atoms with Crippen molar-refractivity contribution in [3.8, 4) is 0 Å².